The molecule has 2 rings (SSSR count). The Balaban J connectivity index is 2.23. The summed E-state index contributed by atoms with van der Waals surface area (Å²) in [5.41, 5.74) is -0.625. The molecule has 1 saturated heterocycles. The van der Waals surface area contributed by atoms with Crippen LogP contribution in [0, 0.1) is 0 Å². The first-order valence-electron chi connectivity index (χ1n) is 5.01. The molecule has 0 unspecified atom stereocenters. The molecule has 0 radical (unpaired) electrons. The molecule has 1 heterocycles. The van der Waals surface area contributed by atoms with Gasteiger partial charge in [-0.25, -0.2) is 0 Å². The summed E-state index contributed by atoms with van der Waals surface area (Å²) in [5, 5.41) is 22.3. The highest BCUT2D eigenvalue weighted by atomic mass is 16.6. The predicted molar refractivity (Wildman–Crippen MR) is 47.4 cm³/mol. The normalized spacial score (nSPS) is 40.6. The molecule has 4 nitrogen and oxygen atoms in total. The van der Waals surface area contributed by atoms with Crippen LogP contribution in [0.2, 0.25) is 0 Å². The molecular weight excluding hydrogens is 168 g/mol. The Morgan fingerprint density at radius 3 is 1.77 bits per heavy atom. The number of hydroxylamine groups is 4. The van der Waals surface area contributed by atoms with Gasteiger partial charge < -0.3 is 10.4 Å². The lowest BCUT2D eigenvalue weighted by Crippen LogP contribution is -2.47. The first-order valence-corrected chi connectivity index (χ1v) is 5.01. The van der Waals surface area contributed by atoms with E-state index in [9.17, 15) is 10.4 Å². The first kappa shape index (κ1) is 9.40. The molecule has 0 bridgehead atoms. The Morgan fingerprint density at radius 1 is 1.00 bits per heavy atom. The van der Waals surface area contributed by atoms with Crippen molar-refractivity contribution in [1.29, 1.82) is 0 Å². The molecule has 4 heteroatoms. The molecule has 0 aromatic heterocycles. The van der Waals surface area contributed by atoms with Gasteiger partial charge in [-0.15, -0.1) is 0 Å². The Morgan fingerprint density at radius 2 is 1.38 bits per heavy atom. The molecule has 76 valence electrons. The molecule has 0 aromatic carbocycles. The minimum atomic E-state index is -0.625. The van der Waals surface area contributed by atoms with Crippen LogP contribution in [0.4, 0.5) is 0 Å². The maximum atomic E-state index is 9.85. The molecular formula is C9H18N2O2. The lowest BCUT2D eigenvalue weighted by Gasteiger charge is -2.31. The van der Waals surface area contributed by atoms with Gasteiger partial charge >= 0.3 is 0 Å². The topological polar surface area (TPSA) is 46.9 Å². The maximum absolute atomic E-state index is 9.85. The molecule has 2 N–H and O–H groups in total. The van der Waals surface area contributed by atoms with Crippen LogP contribution in [0.3, 0.4) is 0 Å². The largest absolute Gasteiger partial charge is 0.312 e. The van der Waals surface area contributed by atoms with Gasteiger partial charge in [0, 0.05) is 0 Å². The molecule has 1 saturated carbocycles. The summed E-state index contributed by atoms with van der Waals surface area (Å²) < 4.78 is 0. The molecule has 13 heavy (non-hydrogen) atoms. The third-order valence-electron chi connectivity index (χ3n) is 3.44. The highest BCUT2D eigenvalue weighted by Crippen LogP contribution is 2.39. The third-order valence-corrected chi connectivity index (χ3v) is 3.44. The second-order valence-corrected chi connectivity index (χ2v) is 4.60. The second-order valence-electron chi connectivity index (χ2n) is 4.60. The van der Waals surface area contributed by atoms with Crippen LogP contribution < -0.4 is 0 Å². The Bertz CT molecular complexity index is 188. The molecule has 2 atom stereocenters. The van der Waals surface area contributed by atoms with E-state index < -0.39 is 5.66 Å². The average molecular weight is 186 g/mol. The molecule has 1 aliphatic carbocycles. The minimum absolute atomic E-state index is 0.119. The van der Waals surface area contributed by atoms with Gasteiger partial charge in [0.2, 0.25) is 0 Å². The van der Waals surface area contributed by atoms with Crippen LogP contribution in [-0.4, -0.2) is 38.3 Å². The Labute approximate surface area is 78.7 Å². The SMILES string of the molecule is CC1(C)N(O)[C@@H]2CCCC[C@@H]2N1O. The van der Waals surface area contributed by atoms with Crippen LogP contribution >= 0.6 is 0 Å². The number of nitrogens with zero attached hydrogens (tertiary/aromatic N) is 2. The van der Waals surface area contributed by atoms with Crippen molar-refractivity contribution in [3.05, 3.63) is 0 Å². The molecule has 0 spiro atoms. The fraction of sp³-hybridized carbons (Fsp3) is 1.00. The quantitative estimate of drug-likeness (QED) is 0.601. The standard InChI is InChI=1S/C9H18N2O2/c1-9(2)10(12)7-5-3-4-6-8(7)11(9)13/h7-8,12-13H,3-6H2,1-2H3/t7-,8+. The van der Waals surface area contributed by atoms with E-state index in [0.29, 0.717) is 0 Å². The summed E-state index contributed by atoms with van der Waals surface area (Å²) in [6.07, 6.45) is 4.29. The van der Waals surface area contributed by atoms with Crippen LogP contribution in [-0.2, 0) is 0 Å². The van der Waals surface area contributed by atoms with Crippen molar-refractivity contribution in [2.75, 3.05) is 0 Å². The summed E-state index contributed by atoms with van der Waals surface area (Å²) in [6.45, 7) is 3.68. The van der Waals surface area contributed by atoms with E-state index in [1.807, 2.05) is 13.8 Å². The van der Waals surface area contributed by atoms with Crippen molar-refractivity contribution >= 4 is 0 Å². The minimum Gasteiger partial charge on any atom is -0.312 e. The van der Waals surface area contributed by atoms with Gasteiger partial charge in [0.1, 0.15) is 5.66 Å². The van der Waals surface area contributed by atoms with Crippen molar-refractivity contribution in [3.8, 4) is 0 Å². The third kappa shape index (κ3) is 1.21. The van der Waals surface area contributed by atoms with Gasteiger partial charge in [-0.05, 0) is 26.7 Å². The Kier molecular flexibility index (Phi) is 2.11. The predicted octanol–water partition coefficient (Wildman–Crippen LogP) is 1.43. The summed E-state index contributed by atoms with van der Waals surface area (Å²) >= 11 is 0. The second kappa shape index (κ2) is 2.92. The Hall–Kier alpha value is -0.160. The van der Waals surface area contributed by atoms with Gasteiger partial charge in [0.25, 0.3) is 0 Å². The molecule has 2 fully saturated rings. The van der Waals surface area contributed by atoms with Crippen LogP contribution in [0.25, 0.3) is 0 Å². The van der Waals surface area contributed by atoms with Crippen molar-refractivity contribution < 1.29 is 10.4 Å². The van der Waals surface area contributed by atoms with E-state index in [0.717, 1.165) is 25.7 Å². The average Bonchev–Trinajstić information content (AvgIpc) is 2.30. The van der Waals surface area contributed by atoms with E-state index in [-0.39, 0.29) is 12.1 Å². The van der Waals surface area contributed by atoms with Crippen LogP contribution in [0.15, 0.2) is 0 Å². The summed E-state index contributed by atoms with van der Waals surface area (Å²) in [7, 11) is 0. The van der Waals surface area contributed by atoms with Crippen molar-refractivity contribution in [1.82, 2.24) is 10.1 Å². The van der Waals surface area contributed by atoms with E-state index in [4.69, 9.17) is 0 Å². The van der Waals surface area contributed by atoms with Crippen molar-refractivity contribution in [2.24, 2.45) is 0 Å². The monoisotopic (exact) mass is 186 g/mol. The van der Waals surface area contributed by atoms with E-state index in [1.165, 1.54) is 10.1 Å². The zero-order valence-electron chi connectivity index (χ0n) is 8.27. The summed E-state index contributed by atoms with van der Waals surface area (Å²) in [5.74, 6) is 0. The van der Waals surface area contributed by atoms with Gasteiger partial charge in [0.05, 0.1) is 12.1 Å². The summed E-state index contributed by atoms with van der Waals surface area (Å²) in [4.78, 5) is 0. The van der Waals surface area contributed by atoms with E-state index in [2.05, 4.69) is 0 Å². The number of hydrogen-bond acceptors (Lipinski definition) is 4. The fourth-order valence-electron chi connectivity index (χ4n) is 2.58. The van der Waals surface area contributed by atoms with Gasteiger partial charge in [-0.2, -0.15) is 10.1 Å². The molecule has 0 aromatic rings. The number of hydrogen-bond donors (Lipinski definition) is 2. The van der Waals surface area contributed by atoms with Crippen molar-refractivity contribution in [2.45, 2.75) is 57.3 Å². The fourth-order valence-corrected chi connectivity index (χ4v) is 2.58. The van der Waals surface area contributed by atoms with E-state index >= 15 is 0 Å². The lowest BCUT2D eigenvalue weighted by molar-refractivity contribution is -0.253. The van der Waals surface area contributed by atoms with Crippen molar-refractivity contribution in [3.63, 3.8) is 0 Å². The van der Waals surface area contributed by atoms with Crippen LogP contribution in [0.5, 0.6) is 0 Å². The number of fused-ring (bicyclic) bond motifs is 1. The molecule has 1 aliphatic heterocycles. The first-order chi connectivity index (χ1) is 6.05. The zero-order valence-corrected chi connectivity index (χ0v) is 8.27. The maximum Gasteiger partial charge on any atom is 0.116 e. The van der Waals surface area contributed by atoms with Gasteiger partial charge in [-0.1, -0.05) is 12.8 Å². The summed E-state index contributed by atoms with van der Waals surface area (Å²) in [6, 6.07) is 0.238. The molecule has 2 aliphatic rings. The molecule has 0 amide bonds. The van der Waals surface area contributed by atoms with Gasteiger partial charge in [-0.3, -0.25) is 0 Å². The number of rotatable bonds is 0. The zero-order chi connectivity index (χ0) is 9.64. The van der Waals surface area contributed by atoms with E-state index in [1.54, 1.807) is 0 Å². The smallest absolute Gasteiger partial charge is 0.116 e. The van der Waals surface area contributed by atoms with Crippen LogP contribution in [0.1, 0.15) is 39.5 Å². The highest BCUT2D eigenvalue weighted by Gasteiger charge is 2.52. The van der Waals surface area contributed by atoms with Gasteiger partial charge in [0.15, 0.2) is 0 Å². The lowest BCUT2D eigenvalue weighted by atomic mass is 9.91. The highest BCUT2D eigenvalue weighted by molar-refractivity contribution is 4.97.